The van der Waals surface area contributed by atoms with E-state index in [1.165, 1.54) is 0 Å². The summed E-state index contributed by atoms with van der Waals surface area (Å²) in [5.74, 6) is 0.662. The maximum absolute atomic E-state index is 11.1. The van der Waals surface area contributed by atoms with Gasteiger partial charge < -0.3 is 25.4 Å². The van der Waals surface area contributed by atoms with Crippen molar-refractivity contribution in [2.45, 2.75) is 50.9 Å². The first kappa shape index (κ1) is 21.2. The van der Waals surface area contributed by atoms with Gasteiger partial charge in [0.15, 0.2) is 0 Å². The molecule has 6 heteroatoms. The lowest BCUT2D eigenvalue weighted by Crippen LogP contribution is -2.54. The van der Waals surface area contributed by atoms with E-state index in [0.29, 0.717) is 30.8 Å². The Balaban J connectivity index is 1.97. The first-order valence-electron chi connectivity index (χ1n) is 9.39. The predicted octanol–water partition coefficient (Wildman–Crippen LogP) is 2.54. The van der Waals surface area contributed by atoms with Crippen LogP contribution in [-0.4, -0.2) is 40.6 Å². The molecule has 4 N–H and O–H groups in total. The molecule has 148 valence electrons. The molecular formula is C21H30N2O4. The summed E-state index contributed by atoms with van der Waals surface area (Å²) in [5.41, 5.74) is 6.52. The molecule has 0 aliphatic heterocycles. The first-order valence-corrected chi connectivity index (χ1v) is 9.39. The molecule has 27 heavy (non-hydrogen) atoms. The third-order valence-electron chi connectivity index (χ3n) is 4.58. The number of aromatic nitrogens is 1. The van der Waals surface area contributed by atoms with Crippen LogP contribution in [0.1, 0.15) is 38.7 Å². The maximum atomic E-state index is 11.1. The van der Waals surface area contributed by atoms with Gasteiger partial charge in [0, 0.05) is 18.0 Å². The van der Waals surface area contributed by atoms with Gasteiger partial charge in [0.2, 0.25) is 0 Å². The molecule has 0 saturated carbocycles. The van der Waals surface area contributed by atoms with Crippen molar-refractivity contribution in [3.63, 3.8) is 0 Å². The lowest BCUT2D eigenvalue weighted by molar-refractivity contribution is -0.0602. The Hall–Kier alpha value is -2.15. The van der Waals surface area contributed by atoms with E-state index in [2.05, 4.69) is 4.98 Å². The van der Waals surface area contributed by atoms with E-state index < -0.39 is 17.7 Å². The maximum Gasteiger partial charge on any atom is 0.116 e. The highest BCUT2D eigenvalue weighted by Crippen LogP contribution is 2.30. The van der Waals surface area contributed by atoms with Crippen molar-refractivity contribution in [3.05, 3.63) is 65.9 Å². The Labute approximate surface area is 161 Å². The first-order chi connectivity index (χ1) is 13.0. The van der Waals surface area contributed by atoms with Crippen LogP contribution in [0.2, 0.25) is 0 Å². The second-order valence-electron chi connectivity index (χ2n) is 6.61. The summed E-state index contributed by atoms with van der Waals surface area (Å²) in [5, 5.41) is 21.7. The number of aliphatic hydroxyl groups excluding tert-OH is 1. The number of pyridine rings is 1. The zero-order valence-electron chi connectivity index (χ0n) is 16.0. The molecule has 0 radical (unpaired) electrons. The molecule has 0 spiro atoms. The third-order valence-corrected chi connectivity index (χ3v) is 4.58. The lowest BCUT2D eigenvalue weighted by atomic mass is 9.81. The molecule has 1 heterocycles. The van der Waals surface area contributed by atoms with Gasteiger partial charge in [0.05, 0.1) is 18.9 Å². The quantitative estimate of drug-likeness (QED) is 0.545. The van der Waals surface area contributed by atoms with Crippen LogP contribution in [0.3, 0.4) is 0 Å². The fourth-order valence-corrected chi connectivity index (χ4v) is 3.04. The summed E-state index contributed by atoms with van der Waals surface area (Å²) in [6.07, 6.45) is 11.4. The zero-order chi connectivity index (χ0) is 19.7. The highest BCUT2D eigenvalue weighted by Gasteiger charge is 2.40. The molecule has 2 rings (SSSR count). The number of rotatable bonds is 10. The fourth-order valence-electron chi connectivity index (χ4n) is 3.04. The van der Waals surface area contributed by atoms with Crippen molar-refractivity contribution in [2.24, 2.45) is 5.73 Å². The van der Waals surface area contributed by atoms with E-state index in [-0.39, 0.29) is 6.61 Å². The molecular weight excluding hydrogens is 344 g/mol. The summed E-state index contributed by atoms with van der Waals surface area (Å²) in [4.78, 5) is 4.06. The van der Waals surface area contributed by atoms with Crippen LogP contribution >= 0.6 is 0 Å². The minimum absolute atomic E-state index is 0.00582. The Kier molecular flexibility index (Phi) is 8.03. The molecule has 6 nitrogen and oxygen atoms in total. The van der Waals surface area contributed by atoms with Crippen LogP contribution in [0.4, 0.5) is 0 Å². The van der Waals surface area contributed by atoms with Crippen molar-refractivity contribution in [1.82, 2.24) is 4.98 Å². The summed E-state index contributed by atoms with van der Waals surface area (Å²) in [6, 6.07) is 2.62. The Bertz CT molecular complexity index is 672. The number of nitrogens with two attached hydrogens (primary N) is 1. The highest BCUT2D eigenvalue weighted by molar-refractivity contribution is 5.32. The smallest absolute Gasteiger partial charge is 0.116 e. The topological polar surface area (TPSA) is 97.8 Å². The van der Waals surface area contributed by atoms with Gasteiger partial charge in [-0.05, 0) is 43.6 Å². The van der Waals surface area contributed by atoms with Crippen LogP contribution in [0, 0.1) is 0 Å². The zero-order valence-corrected chi connectivity index (χ0v) is 16.0. The van der Waals surface area contributed by atoms with Gasteiger partial charge in [-0.25, -0.2) is 0 Å². The van der Waals surface area contributed by atoms with E-state index >= 15 is 0 Å². The van der Waals surface area contributed by atoms with Gasteiger partial charge >= 0.3 is 0 Å². The molecule has 0 bridgehead atoms. The second-order valence-corrected chi connectivity index (χ2v) is 6.61. The van der Waals surface area contributed by atoms with Crippen LogP contribution in [0.5, 0.6) is 0 Å². The largest absolute Gasteiger partial charge is 0.501 e. The molecule has 0 amide bonds. The monoisotopic (exact) mass is 374 g/mol. The molecule has 3 atom stereocenters. The fraction of sp³-hybridized carbons (Fsp3) is 0.476. The van der Waals surface area contributed by atoms with Gasteiger partial charge in [-0.15, -0.1) is 0 Å². The molecule has 3 unspecified atom stereocenters. The van der Waals surface area contributed by atoms with Gasteiger partial charge in [-0.3, -0.25) is 4.98 Å². The Morgan fingerprint density at radius 2 is 2.19 bits per heavy atom. The standard InChI is InChI=1S/C21H30N2O4/c1-3-11-21(25,17-6-5-12-23-13-17)20(22)19(24)15-27-18-9-7-16(8-10-18)14-26-4-2/h5-7,9-10,12-14,19-20,24-25H,3-4,8,11,15,22H2,1-2H3. The highest BCUT2D eigenvalue weighted by atomic mass is 16.5. The minimum atomic E-state index is -1.37. The van der Waals surface area contributed by atoms with Gasteiger partial charge in [0.1, 0.15) is 24.1 Å². The molecule has 1 aromatic heterocycles. The second kappa shape index (κ2) is 10.3. The molecule has 1 aliphatic rings. The number of aliphatic hydroxyl groups is 2. The average molecular weight is 374 g/mol. The lowest BCUT2D eigenvalue weighted by Gasteiger charge is -2.36. The molecule has 0 saturated heterocycles. The SMILES string of the molecule is CCCC(O)(c1cccnc1)C(N)C(O)COC1=CCC(=COCC)C=C1. The van der Waals surface area contributed by atoms with Gasteiger partial charge in [-0.2, -0.15) is 0 Å². The summed E-state index contributed by atoms with van der Waals surface area (Å²) < 4.78 is 10.9. The number of nitrogens with zero attached hydrogens (tertiary/aromatic N) is 1. The summed E-state index contributed by atoms with van der Waals surface area (Å²) in [6.45, 7) is 4.52. The number of hydrogen-bond acceptors (Lipinski definition) is 6. The van der Waals surface area contributed by atoms with Crippen LogP contribution in [-0.2, 0) is 15.1 Å². The average Bonchev–Trinajstić information content (AvgIpc) is 2.71. The summed E-state index contributed by atoms with van der Waals surface area (Å²) in [7, 11) is 0. The van der Waals surface area contributed by atoms with Crippen molar-refractivity contribution < 1.29 is 19.7 Å². The van der Waals surface area contributed by atoms with Crippen molar-refractivity contribution in [1.29, 1.82) is 0 Å². The van der Waals surface area contributed by atoms with E-state index in [1.54, 1.807) is 30.8 Å². The number of hydrogen-bond donors (Lipinski definition) is 3. The molecule has 0 aromatic carbocycles. The van der Waals surface area contributed by atoms with E-state index in [4.69, 9.17) is 15.2 Å². The van der Waals surface area contributed by atoms with Crippen LogP contribution in [0.25, 0.3) is 0 Å². The predicted molar refractivity (Wildman–Crippen MR) is 105 cm³/mol. The normalized spacial score (nSPS) is 19.9. The Morgan fingerprint density at radius 3 is 2.78 bits per heavy atom. The van der Waals surface area contributed by atoms with E-state index in [0.717, 1.165) is 12.0 Å². The molecule has 0 fully saturated rings. The van der Waals surface area contributed by atoms with Gasteiger partial charge in [0.25, 0.3) is 0 Å². The summed E-state index contributed by atoms with van der Waals surface area (Å²) >= 11 is 0. The van der Waals surface area contributed by atoms with E-state index in [9.17, 15) is 10.2 Å². The van der Waals surface area contributed by atoms with E-state index in [1.807, 2.05) is 32.1 Å². The van der Waals surface area contributed by atoms with Crippen LogP contribution in [0.15, 0.2) is 60.3 Å². The third kappa shape index (κ3) is 5.66. The van der Waals surface area contributed by atoms with Crippen LogP contribution < -0.4 is 5.73 Å². The number of ether oxygens (including phenoxy) is 2. The molecule has 1 aromatic rings. The van der Waals surface area contributed by atoms with Crippen molar-refractivity contribution in [3.8, 4) is 0 Å². The Morgan fingerprint density at radius 1 is 1.37 bits per heavy atom. The molecule has 1 aliphatic carbocycles. The van der Waals surface area contributed by atoms with Gasteiger partial charge in [-0.1, -0.05) is 25.5 Å². The minimum Gasteiger partial charge on any atom is -0.501 e. The van der Waals surface area contributed by atoms with Crippen molar-refractivity contribution >= 4 is 0 Å². The van der Waals surface area contributed by atoms with Crippen molar-refractivity contribution in [2.75, 3.05) is 13.2 Å². The number of allylic oxidation sites excluding steroid dienone is 4.